The van der Waals surface area contributed by atoms with E-state index in [9.17, 15) is 9.18 Å². The lowest BCUT2D eigenvalue weighted by Gasteiger charge is -2.19. The van der Waals surface area contributed by atoms with Crippen LogP contribution < -0.4 is 10.1 Å². The maximum Gasteiger partial charge on any atom is 0.413 e. The molecule has 2 aromatic heterocycles. The fourth-order valence-electron chi connectivity index (χ4n) is 4.87. The largest absolute Gasteiger partial charge is 0.463 e. The van der Waals surface area contributed by atoms with E-state index in [4.69, 9.17) is 21.1 Å². The van der Waals surface area contributed by atoms with Gasteiger partial charge in [0, 0.05) is 22.6 Å². The molecule has 0 aliphatic carbocycles. The minimum atomic E-state index is -0.734. The Hall–Kier alpha value is -2.80. The molecule has 1 saturated heterocycles. The molecule has 1 amide bonds. The summed E-state index contributed by atoms with van der Waals surface area (Å²) >= 11 is 8.88. The number of benzene rings is 2. The SMILES string of the molecule is CSc1nc(OCC[C@@H]2CCCN2C)nc2c(F)c(-c3ccc(F)c4sc(NC(=O)OC(C)(C)C)nc34)c(Cl)cc12. The molecular formula is C28H30ClF2N5O3S2. The Morgan fingerprint density at radius 2 is 2.02 bits per heavy atom. The number of fused-ring (bicyclic) bond motifs is 2. The summed E-state index contributed by atoms with van der Waals surface area (Å²) in [7, 11) is 2.10. The predicted molar refractivity (Wildman–Crippen MR) is 160 cm³/mol. The van der Waals surface area contributed by atoms with Gasteiger partial charge in [-0.25, -0.2) is 18.6 Å². The molecule has 1 atom stereocenters. The van der Waals surface area contributed by atoms with Gasteiger partial charge < -0.3 is 14.4 Å². The Bertz CT molecular complexity index is 1630. The Balaban J connectivity index is 1.53. The number of anilines is 1. The first-order valence-corrected chi connectivity index (χ1v) is 15.5. The normalized spacial score (nSPS) is 16.0. The van der Waals surface area contributed by atoms with Gasteiger partial charge in [0.1, 0.15) is 22.0 Å². The van der Waals surface area contributed by atoms with Crippen LogP contribution >= 0.6 is 34.7 Å². The number of hydrogen-bond donors (Lipinski definition) is 1. The van der Waals surface area contributed by atoms with E-state index in [2.05, 4.69) is 32.2 Å². The average molecular weight is 622 g/mol. The van der Waals surface area contributed by atoms with Crippen LogP contribution in [0.25, 0.3) is 32.2 Å². The fourth-order valence-corrected chi connectivity index (χ4v) is 6.59. The lowest BCUT2D eigenvalue weighted by atomic mass is 10.0. The summed E-state index contributed by atoms with van der Waals surface area (Å²) in [5, 5.41) is 3.69. The third kappa shape index (κ3) is 6.35. The summed E-state index contributed by atoms with van der Waals surface area (Å²) in [6.07, 6.45) is 4.19. The zero-order valence-corrected chi connectivity index (χ0v) is 25.7. The first kappa shape index (κ1) is 29.7. The third-order valence-corrected chi connectivity index (χ3v) is 8.72. The van der Waals surface area contributed by atoms with E-state index in [0.717, 1.165) is 37.1 Å². The van der Waals surface area contributed by atoms with Crippen LogP contribution in [0.2, 0.25) is 5.02 Å². The van der Waals surface area contributed by atoms with Crippen LogP contribution in [0.5, 0.6) is 6.01 Å². The molecule has 4 aromatic rings. The van der Waals surface area contributed by atoms with E-state index in [1.165, 1.54) is 23.9 Å². The van der Waals surface area contributed by atoms with E-state index < -0.39 is 23.3 Å². The van der Waals surface area contributed by atoms with Crippen LogP contribution in [0.15, 0.2) is 23.2 Å². The van der Waals surface area contributed by atoms with E-state index in [1.54, 1.807) is 26.8 Å². The standard InChI is InChI=1S/C28H30ClF2N5O3S2/c1-28(2,3)39-27(37)35-26-33-22-15(8-9-18(30)23(22)41-26)19-17(29)13-16-21(20(19)31)32-25(34-24(16)40-5)38-12-10-14-7-6-11-36(14)4/h8-9,13-14H,6-7,10-12H2,1-5H3,(H,33,35,37)/t14-/m0/s1. The van der Waals surface area contributed by atoms with Gasteiger partial charge >= 0.3 is 12.1 Å². The van der Waals surface area contributed by atoms with Gasteiger partial charge in [-0.1, -0.05) is 22.9 Å². The van der Waals surface area contributed by atoms with Gasteiger partial charge in [-0.15, -0.1) is 11.8 Å². The first-order chi connectivity index (χ1) is 19.4. The Kier molecular flexibility index (Phi) is 8.56. The van der Waals surface area contributed by atoms with E-state index in [-0.39, 0.29) is 43.0 Å². The monoisotopic (exact) mass is 621 g/mol. The van der Waals surface area contributed by atoms with Crippen LogP contribution in [0.4, 0.5) is 18.7 Å². The molecule has 2 aromatic carbocycles. The lowest BCUT2D eigenvalue weighted by Crippen LogP contribution is -2.27. The summed E-state index contributed by atoms with van der Waals surface area (Å²) in [6.45, 7) is 6.65. The number of carbonyl (C=O) groups is 1. The molecule has 5 rings (SSSR count). The van der Waals surface area contributed by atoms with Crippen molar-refractivity contribution in [2.75, 3.05) is 31.8 Å². The Morgan fingerprint density at radius 3 is 2.71 bits per heavy atom. The van der Waals surface area contributed by atoms with Gasteiger partial charge in [-0.05, 0) is 78.1 Å². The molecule has 1 aliphatic heterocycles. The summed E-state index contributed by atoms with van der Waals surface area (Å²) in [5.41, 5.74) is -0.266. The highest BCUT2D eigenvalue weighted by atomic mass is 35.5. The number of thioether (sulfide) groups is 1. The zero-order valence-electron chi connectivity index (χ0n) is 23.3. The highest BCUT2D eigenvalue weighted by Gasteiger charge is 2.25. The number of thiazole rings is 1. The molecule has 0 bridgehead atoms. The second-order valence-electron chi connectivity index (χ2n) is 10.8. The van der Waals surface area contributed by atoms with Crippen molar-refractivity contribution in [2.24, 2.45) is 0 Å². The molecule has 0 unspecified atom stereocenters. The highest BCUT2D eigenvalue weighted by Crippen LogP contribution is 2.42. The first-order valence-electron chi connectivity index (χ1n) is 13.1. The number of halogens is 3. The number of amides is 1. The number of carbonyl (C=O) groups excluding carboxylic acids is 1. The third-order valence-electron chi connectivity index (χ3n) is 6.75. The maximum atomic E-state index is 16.3. The van der Waals surface area contributed by atoms with Crippen molar-refractivity contribution in [3.63, 3.8) is 0 Å². The minimum absolute atomic E-state index is 0.0163. The number of likely N-dealkylation sites (tertiary alicyclic amines) is 1. The van der Waals surface area contributed by atoms with Crippen molar-refractivity contribution < 1.29 is 23.0 Å². The van der Waals surface area contributed by atoms with Gasteiger partial charge in [-0.2, -0.15) is 9.97 Å². The summed E-state index contributed by atoms with van der Waals surface area (Å²) < 4.78 is 42.4. The zero-order chi connectivity index (χ0) is 29.5. The average Bonchev–Trinajstić information content (AvgIpc) is 3.50. The Morgan fingerprint density at radius 1 is 1.24 bits per heavy atom. The maximum absolute atomic E-state index is 16.3. The molecule has 1 aliphatic rings. The second kappa shape index (κ2) is 11.8. The van der Waals surface area contributed by atoms with Crippen molar-refractivity contribution >= 4 is 67.0 Å². The van der Waals surface area contributed by atoms with Crippen molar-refractivity contribution in [3.05, 3.63) is 34.9 Å². The molecule has 218 valence electrons. The van der Waals surface area contributed by atoms with Crippen molar-refractivity contribution in [2.45, 2.75) is 56.7 Å². The van der Waals surface area contributed by atoms with Gasteiger partial charge in [0.2, 0.25) is 0 Å². The molecule has 0 radical (unpaired) electrons. The van der Waals surface area contributed by atoms with Gasteiger partial charge in [0.25, 0.3) is 0 Å². The smallest absolute Gasteiger partial charge is 0.413 e. The van der Waals surface area contributed by atoms with Gasteiger partial charge in [0.05, 0.1) is 21.8 Å². The molecule has 3 heterocycles. The van der Waals surface area contributed by atoms with Crippen LogP contribution in [-0.2, 0) is 4.74 Å². The predicted octanol–water partition coefficient (Wildman–Crippen LogP) is 7.77. The van der Waals surface area contributed by atoms with E-state index in [0.29, 0.717) is 23.1 Å². The lowest BCUT2D eigenvalue weighted by molar-refractivity contribution is 0.0636. The molecule has 41 heavy (non-hydrogen) atoms. The Labute approximate surface area is 249 Å². The molecule has 1 N–H and O–H groups in total. The quantitative estimate of drug-likeness (QED) is 0.165. The van der Waals surface area contributed by atoms with Gasteiger partial charge in [-0.3, -0.25) is 5.32 Å². The number of aromatic nitrogens is 3. The van der Waals surface area contributed by atoms with Crippen molar-refractivity contribution in [1.29, 1.82) is 0 Å². The molecule has 1 fully saturated rings. The number of nitrogens with one attached hydrogen (secondary N) is 1. The number of rotatable bonds is 7. The molecule has 8 nitrogen and oxygen atoms in total. The highest BCUT2D eigenvalue weighted by molar-refractivity contribution is 7.98. The van der Waals surface area contributed by atoms with Crippen molar-refractivity contribution in [1.82, 2.24) is 19.9 Å². The van der Waals surface area contributed by atoms with Crippen LogP contribution in [0.3, 0.4) is 0 Å². The summed E-state index contributed by atoms with van der Waals surface area (Å²) in [5.74, 6) is -1.26. The molecule has 0 saturated carbocycles. The second-order valence-corrected chi connectivity index (χ2v) is 13.0. The van der Waals surface area contributed by atoms with Crippen LogP contribution in [-0.4, -0.2) is 64.0 Å². The van der Waals surface area contributed by atoms with E-state index >= 15 is 4.39 Å². The summed E-state index contributed by atoms with van der Waals surface area (Å²) in [4.78, 5) is 27.9. The topological polar surface area (TPSA) is 89.5 Å². The molecule has 0 spiro atoms. The van der Waals surface area contributed by atoms with Crippen LogP contribution in [0.1, 0.15) is 40.0 Å². The minimum Gasteiger partial charge on any atom is -0.463 e. The number of hydrogen-bond acceptors (Lipinski definition) is 9. The van der Waals surface area contributed by atoms with Crippen molar-refractivity contribution in [3.8, 4) is 17.1 Å². The fraction of sp³-hybridized carbons (Fsp3) is 0.429. The van der Waals surface area contributed by atoms with E-state index in [1.807, 2.05) is 6.26 Å². The number of nitrogens with zero attached hydrogens (tertiary/aromatic N) is 4. The summed E-state index contributed by atoms with van der Waals surface area (Å²) in [6, 6.07) is 4.74. The molecular weight excluding hydrogens is 592 g/mol. The molecule has 13 heteroatoms. The number of ether oxygens (including phenoxy) is 2. The van der Waals surface area contributed by atoms with Gasteiger partial charge in [0.15, 0.2) is 10.9 Å². The van der Waals surface area contributed by atoms with Crippen LogP contribution in [0, 0.1) is 11.6 Å².